The van der Waals surface area contributed by atoms with Crippen LogP contribution >= 0.6 is 0 Å². The Balaban J connectivity index is 2.98. The number of aryl methyl sites for hydroxylation is 1. The van der Waals surface area contributed by atoms with E-state index in [1.807, 2.05) is 46.0 Å². The van der Waals surface area contributed by atoms with Crippen LogP contribution in [-0.4, -0.2) is 28.9 Å². The Morgan fingerprint density at radius 2 is 1.79 bits per heavy atom. The maximum atomic E-state index is 12.6. The minimum Gasteiger partial charge on any atom is -0.415 e. The minimum atomic E-state index is -1.87. The van der Waals surface area contributed by atoms with Gasteiger partial charge in [-0.05, 0) is 57.5 Å². The minimum absolute atomic E-state index is 0.132. The molecule has 0 aliphatic carbocycles. The highest BCUT2D eigenvalue weighted by Crippen LogP contribution is 2.37. The van der Waals surface area contributed by atoms with Crippen LogP contribution in [0.15, 0.2) is 18.3 Å². The maximum absolute atomic E-state index is 12.6. The van der Waals surface area contributed by atoms with Gasteiger partial charge in [-0.1, -0.05) is 26.8 Å². The first-order valence-corrected chi connectivity index (χ1v) is 12.5. The number of aromatic nitrogens is 1. The molecule has 0 aliphatic rings. The number of rotatable bonds is 6. The van der Waals surface area contributed by atoms with Gasteiger partial charge in [0.15, 0.2) is 8.32 Å². The molecule has 0 saturated carbocycles. The first-order valence-electron chi connectivity index (χ1n) is 8.48. The van der Waals surface area contributed by atoms with Gasteiger partial charge in [0.1, 0.15) is 0 Å². The molecule has 0 fully saturated rings. The lowest BCUT2D eigenvalue weighted by Gasteiger charge is -2.37. The molecule has 1 aromatic rings. The fourth-order valence-electron chi connectivity index (χ4n) is 1.70. The molecule has 0 amide bonds. The molecule has 2 atom stereocenters. The molecule has 1 rings (SSSR count). The van der Waals surface area contributed by atoms with Crippen LogP contribution in [-0.2, 0) is 15.4 Å². The number of nitrogens with zero attached hydrogens (tertiary/aromatic N) is 1. The second kappa shape index (κ2) is 7.77. The third-order valence-corrected chi connectivity index (χ3v) is 10.7. The van der Waals surface area contributed by atoms with Crippen LogP contribution in [0.25, 0.3) is 0 Å². The lowest BCUT2D eigenvalue weighted by molar-refractivity contribution is 0.257. The molecular weight excluding hydrogens is 336 g/mol. The Labute approximate surface area is 151 Å². The molecule has 0 aromatic carbocycles. The van der Waals surface area contributed by atoms with Crippen molar-refractivity contribution in [2.45, 2.75) is 77.4 Å². The highest BCUT2D eigenvalue weighted by atomic mass is 32.2. The van der Waals surface area contributed by atoms with Gasteiger partial charge >= 0.3 is 0 Å². The number of nitrogens with one attached hydrogen (secondary N) is 1. The number of pyridine rings is 1. The van der Waals surface area contributed by atoms with Crippen molar-refractivity contribution in [2.75, 3.05) is 6.61 Å². The van der Waals surface area contributed by atoms with E-state index in [0.29, 0.717) is 6.61 Å². The van der Waals surface area contributed by atoms with E-state index in [1.54, 1.807) is 0 Å². The molecule has 1 N–H and O–H groups in total. The van der Waals surface area contributed by atoms with Gasteiger partial charge in [0.2, 0.25) is 0 Å². The van der Waals surface area contributed by atoms with Gasteiger partial charge in [-0.15, -0.1) is 0 Å². The summed E-state index contributed by atoms with van der Waals surface area (Å²) in [5, 5.41) is 0.145. The fourth-order valence-corrected chi connectivity index (χ4v) is 3.53. The van der Waals surface area contributed by atoms with Gasteiger partial charge in [-0.2, -0.15) is 0 Å². The summed E-state index contributed by atoms with van der Waals surface area (Å²) in [7, 11) is -3.03. The van der Waals surface area contributed by atoms with Crippen LogP contribution in [0.4, 0.5) is 0 Å². The summed E-state index contributed by atoms with van der Waals surface area (Å²) in [5.41, 5.74) is 1.98. The highest BCUT2D eigenvalue weighted by Gasteiger charge is 2.38. The average molecular weight is 371 g/mol. The van der Waals surface area contributed by atoms with Crippen molar-refractivity contribution in [3.8, 4) is 0 Å². The maximum Gasteiger partial charge on any atom is 0.192 e. The van der Waals surface area contributed by atoms with E-state index in [0.717, 1.165) is 11.3 Å². The van der Waals surface area contributed by atoms with Gasteiger partial charge < -0.3 is 4.43 Å². The van der Waals surface area contributed by atoms with Crippen LogP contribution in [0.2, 0.25) is 18.1 Å². The van der Waals surface area contributed by atoms with Crippen LogP contribution in [0, 0.1) is 6.92 Å². The zero-order chi connectivity index (χ0) is 18.8. The van der Waals surface area contributed by atoms with E-state index in [1.165, 1.54) is 0 Å². The van der Waals surface area contributed by atoms with E-state index in [9.17, 15) is 4.21 Å². The normalized spacial score (nSPS) is 16.0. The number of hydrogen-bond donors (Lipinski definition) is 1. The highest BCUT2D eigenvalue weighted by molar-refractivity contribution is 7.84. The summed E-state index contributed by atoms with van der Waals surface area (Å²) >= 11 is 0. The quantitative estimate of drug-likeness (QED) is 0.750. The third kappa shape index (κ3) is 6.06. The second-order valence-corrected chi connectivity index (χ2v) is 15.7. The molecule has 4 nitrogen and oxygen atoms in total. The van der Waals surface area contributed by atoms with E-state index in [-0.39, 0.29) is 15.8 Å². The second-order valence-electron chi connectivity index (χ2n) is 8.86. The van der Waals surface area contributed by atoms with E-state index < -0.39 is 19.3 Å². The van der Waals surface area contributed by atoms with Gasteiger partial charge in [0.05, 0.1) is 28.4 Å². The predicted octanol–water partition coefficient (Wildman–Crippen LogP) is 4.50. The summed E-state index contributed by atoms with van der Waals surface area (Å²) in [6.07, 6.45) is 1.85. The Bertz CT molecular complexity index is 560. The molecular formula is C18H34N2O2SSi. The molecule has 24 heavy (non-hydrogen) atoms. The van der Waals surface area contributed by atoms with Crippen molar-refractivity contribution in [3.63, 3.8) is 0 Å². The molecule has 1 aromatic heterocycles. The average Bonchev–Trinajstić information content (AvgIpc) is 2.42. The summed E-state index contributed by atoms with van der Waals surface area (Å²) < 4.78 is 21.9. The molecule has 0 bridgehead atoms. The molecule has 0 saturated heterocycles. The topological polar surface area (TPSA) is 51.2 Å². The van der Waals surface area contributed by atoms with Crippen LogP contribution in [0.3, 0.4) is 0 Å². The molecule has 6 heteroatoms. The Morgan fingerprint density at radius 3 is 2.21 bits per heavy atom. The molecule has 0 unspecified atom stereocenters. The molecule has 0 aliphatic heterocycles. The van der Waals surface area contributed by atoms with Crippen molar-refractivity contribution >= 4 is 19.3 Å². The van der Waals surface area contributed by atoms with E-state index in [4.69, 9.17) is 4.43 Å². The summed E-state index contributed by atoms with van der Waals surface area (Å²) in [5.74, 6) is 0. The first kappa shape index (κ1) is 21.5. The number of hydrogen-bond acceptors (Lipinski definition) is 3. The smallest absolute Gasteiger partial charge is 0.192 e. The zero-order valence-electron chi connectivity index (χ0n) is 16.7. The Morgan fingerprint density at radius 1 is 1.21 bits per heavy atom. The lowest BCUT2D eigenvalue weighted by atomic mass is 10.1. The van der Waals surface area contributed by atoms with Crippen molar-refractivity contribution in [2.24, 2.45) is 0 Å². The fraction of sp³-hybridized carbons (Fsp3) is 0.722. The largest absolute Gasteiger partial charge is 0.415 e. The third-order valence-electron chi connectivity index (χ3n) is 4.56. The summed E-state index contributed by atoms with van der Waals surface area (Å²) in [6, 6.07) is 3.89. The van der Waals surface area contributed by atoms with Crippen molar-refractivity contribution in [1.29, 1.82) is 0 Å². The van der Waals surface area contributed by atoms with Gasteiger partial charge in [-0.3, -0.25) is 4.98 Å². The molecule has 0 radical (unpaired) electrons. The van der Waals surface area contributed by atoms with Crippen molar-refractivity contribution in [1.82, 2.24) is 9.71 Å². The van der Waals surface area contributed by atoms with Crippen LogP contribution in [0.5, 0.6) is 0 Å². The zero-order valence-corrected chi connectivity index (χ0v) is 18.5. The van der Waals surface area contributed by atoms with E-state index >= 15 is 0 Å². The van der Waals surface area contributed by atoms with Crippen molar-refractivity contribution < 1.29 is 8.63 Å². The monoisotopic (exact) mass is 370 g/mol. The lowest BCUT2D eigenvalue weighted by Crippen LogP contribution is -2.44. The first-order chi connectivity index (χ1) is 10.7. The van der Waals surface area contributed by atoms with Crippen molar-refractivity contribution in [3.05, 3.63) is 29.6 Å². The van der Waals surface area contributed by atoms with Gasteiger partial charge in [-0.25, -0.2) is 8.93 Å². The molecule has 0 spiro atoms. The van der Waals surface area contributed by atoms with Crippen LogP contribution in [0.1, 0.15) is 58.8 Å². The van der Waals surface area contributed by atoms with Gasteiger partial charge in [0.25, 0.3) is 0 Å². The SMILES string of the molecule is Cc1ccc([C@@H](CO[Si](C)(C)C(C)(C)C)N[S@](=O)C(C)(C)C)cn1. The standard InChI is InChI=1S/C18H34N2O2SSi/c1-14-10-11-15(12-19-14)16(20-23(21)17(2,3)4)13-22-24(8,9)18(5,6)7/h10-12,16,20H,13H2,1-9H3/t16-,23-/m1/s1. The van der Waals surface area contributed by atoms with Crippen LogP contribution < -0.4 is 4.72 Å². The summed E-state index contributed by atoms with van der Waals surface area (Å²) in [4.78, 5) is 4.38. The van der Waals surface area contributed by atoms with E-state index in [2.05, 4.69) is 43.6 Å². The van der Waals surface area contributed by atoms with Gasteiger partial charge in [0, 0.05) is 11.9 Å². The Hall–Kier alpha value is -0.563. The summed E-state index contributed by atoms with van der Waals surface area (Å²) in [6.45, 7) is 19.5. The molecule has 1 heterocycles. The Kier molecular flexibility index (Phi) is 6.95. The molecule has 138 valence electrons. The predicted molar refractivity (Wildman–Crippen MR) is 106 cm³/mol.